The number of benzene rings is 1. The fourth-order valence-electron chi connectivity index (χ4n) is 1.82. The predicted octanol–water partition coefficient (Wildman–Crippen LogP) is 2.25. The second-order valence-corrected chi connectivity index (χ2v) is 5.29. The molecule has 106 valence electrons. The minimum Gasteiger partial charge on any atom is -0.409 e. The number of thiophene rings is 1. The van der Waals surface area contributed by atoms with E-state index in [1.54, 1.807) is 19.1 Å². The van der Waals surface area contributed by atoms with Crippen molar-refractivity contribution in [1.82, 2.24) is 4.90 Å². The molecule has 1 heterocycles. The molecule has 0 aliphatic carbocycles. The summed E-state index contributed by atoms with van der Waals surface area (Å²) in [6, 6.07) is 6.11. The third-order valence-corrected chi connectivity index (χ3v) is 3.93. The maximum Gasteiger partial charge on any atom is 0.264 e. The molecule has 5 nitrogen and oxygen atoms in total. The third-order valence-electron chi connectivity index (χ3n) is 2.84. The number of amides is 1. The molecule has 2 rings (SSSR count). The molecule has 0 aliphatic rings. The molecular formula is C13H14FN3O2S. The van der Waals surface area contributed by atoms with Crippen LogP contribution in [0.5, 0.6) is 0 Å². The monoisotopic (exact) mass is 295 g/mol. The quantitative estimate of drug-likeness (QED) is 0.393. The fraction of sp³-hybridized carbons (Fsp3) is 0.231. The van der Waals surface area contributed by atoms with Crippen LogP contribution in [0.3, 0.4) is 0 Å². The Morgan fingerprint density at radius 2 is 2.25 bits per heavy atom. The Morgan fingerprint density at radius 1 is 1.50 bits per heavy atom. The summed E-state index contributed by atoms with van der Waals surface area (Å²) < 4.78 is 13.9. The van der Waals surface area contributed by atoms with E-state index in [4.69, 9.17) is 10.9 Å². The van der Waals surface area contributed by atoms with Gasteiger partial charge in [0, 0.05) is 11.2 Å². The molecule has 0 unspecified atom stereocenters. The average Bonchev–Trinajstić information content (AvgIpc) is 2.86. The first kappa shape index (κ1) is 14.3. The van der Waals surface area contributed by atoms with Gasteiger partial charge in [-0.1, -0.05) is 11.2 Å². The van der Waals surface area contributed by atoms with Crippen LogP contribution in [0.15, 0.2) is 29.4 Å². The smallest absolute Gasteiger partial charge is 0.264 e. The second kappa shape index (κ2) is 5.87. The van der Waals surface area contributed by atoms with Crippen molar-refractivity contribution in [3.8, 4) is 0 Å². The van der Waals surface area contributed by atoms with Gasteiger partial charge >= 0.3 is 0 Å². The summed E-state index contributed by atoms with van der Waals surface area (Å²) in [7, 11) is 0. The number of likely N-dealkylation sites (N-methyl/N-ethyl adjacent to an activating group) is 1. The van der Waals surface area contributed by atoms with Gasteiger partial charge in [-0.25, -0.2) is 4.39 Å². The van der Waals surface area contributed by atoms with E-state index >= 15 is 0 Å². The Morgan fingerprint density at radius 3 is 2.90 bits per heavy atom. The zero-order chi connectivity index (χ0) is 14.7. The van der Waals surface area contributed by atoms with Crippen molar-refractivity contribution in [2.75, 3.05) is 13.1 Å². The molecule has 0 saturated heterocycles. The third kappa shape index (κ3) is 2.88. The number of nitrogens with zero attached hydrogens (tertiary/aromatic N) is 2. The van der Waals surface area contributed by atoms with Crippen molar-refractivity contribution in [3.05, 3.63) is 35.0 Å². The molecule has 0 fully saturated rings. The van der Waals surface area contributed by atoms with Crippen LogP contribution in [-0.4, -0.2) is 34.9 Å². The molecule has 0 aliphatic heterocycles. The lowest BCUT2D eigenvalue weighted by Crippen LogP contribution is -2.38. The van der Waals surface area contributed by atoms with E-state index in [-0.39, 0.29) is 24.1 Å². The number of halogens is 1. The number of hydrogen-bond donors (Lipinski definition) is 2. The van der Waals surface area contributed by atoms with E-state index in [9.17, 15) is 9.18 Å². The van der Waals surface area contributed by atoms with Gasteiger partial charge < -0.3 is 15.8 Å². The zero-order valence-electron chi connectivity index (χ0n) is 10.8. The van der Waals surface area contributed by atoms with Crippen molar-refractivity contribution in [2.24, 2.45) is 10.9 Å². The second-order valence-electron chi connectivity index (χ2n) is 4.20. The number of nitrogens with two attached hydrogens (primary N) is 1. The maximum atomic E-state index is 13.1. The SMILES string of the molecule is CCN(C/C(N)=N/O)C(=O)c1cc2ccc(F)cc2s1. The predicted molar refractivity (Wildman–Crippen MR) is 76.8 cm³/mol. The van der Waals surface area contributed by atoms with Crippen LogP contribution in [0, 0.1) is 5.82 Å². The Bertz CT molecular complexity index is 669. The minimum atomic E-state index is -0.331. The van der Waals surface area contributed by atoms with Gasteiger partial charge in [0.25, 0.3) is 5.91 Å². The number of amidine groups is 1. The molecule has 0 spiro atoms. The molecule has 2 aromatic rings. The summed E-state index contributed by atoms with van der Waals surface area (Å²) in [5.74, 6) is -0.588. The van der Waals surface area contributed by atoms with Gasteiger partial charge in [-0.3, -0.25) is 4.79 Å². The molecule has 20 heavy (non-hydrogen) atoms. The molecular weight excluding hydrogens is 281 g/mol. The van der Waals surface area contributed by atoms with Gasteiger partial charge in [0.1, 0.15) is 5.82 Å². The van der Waals surface area contributed by atoms with Crippen LogP contribution >= 0.6 is 11.3 Å². The summed E-state index contributed by atoms with van der Waals surface area (Å²) in [5, 5.41) is 12.2. The Hall–Kier alpha value is -2.15. The number of oxime groups is 1. The Balaban J connectivity index is 2.29. The van der Waals surface area contributed by atoms with Gasteiger partial charge in [-0.15, -0.1) is 11.3 Å². The number of carbonyl (C=O) groups is 1. The molecule has 0 bridgehead atoms. The topological polar surface area (TPSA) is 78.9 Å². The molecule has 1 amide bonds. The summed E-state index contributed by atoms with van der Waals surface area (Å²) >= 11 is 1.22. The van der Waals surface area contributed by atoms with E-state index in [1.165, 1.54) is 28.4 Å². The van der Waals surface area contributed by atoms with E-state index in [0.29, 0.717) is 16.1 Å². The van der Waals surface area contributed by atoms with Crippen LogP contribution < -0.4 is 5.73 Å². The van der Waals surface area contributed by atoms with Crippen LogP contribution in [-0.2, 0) is 0 Å². The van der Waals surface area contributed by atoms with Crippen LogP contribution in [0.2, 0.25) is 0 Å². The van der Waals surface area contributed by atoms with Gasteiger partial charge in [0.15, 0.2) is 5.84 Å². The summed E-state index contributed by atoms with van der Waals surface area (Å²) in [4.78, 5) is 14.3. The highest BCUT2D eigenvalue weighted by Gasteiger charge is 2.18. The first-order valence-corrected chi connectivity index (χ1v) is 6.81. The fourth-order valence-corrected chi connectivity index (χ4v) is 2.88. The van der Waals surface area contributed by atoms with Crippen molar-refractivity contribution in [2.45, 2.75) is 6.92 Å². The lowest BCUT2D eigenvalue weighted by atomic mass is 10.2. The van der Waals surface area contributed by atoms with Crippen LogP contribution in [0.25, 0.3) is 10.1 Å². The van der Waals surface area contributed by atoms with Crippen molar-refractivity contribution >= 4 is 33.2 Å². The normalized spacial score (nSPS) is 11.8. The van der Waals surface area contributed by atoms with Gasteiger partial charge in [0.05, 0.1) is 11.4 Å². The summed E-state index contributed by atoms with van der Waals surface area (Å²) in [6.45, 7) is 2.28. The van der Waals surface area contributed by atoms with Crippen LogP contribution in [0.4, 0.5) is 4.39 Å². The highest BCUT2D eigenvalue weighted by atomic mass is 32.1. The standard InChI is InChI=1S/C13H14FN3O2S/c1-2-17(7-12(15)16-19)13(18)11-5-8-3-4-9(14)6-10(8)20-11/h3-6,19H,2,7H2,1H3,(H2,15,16). The van der Waals surface area contributed by atoms with Gasteiger partial charge in [-0.05, 0) is 30.5 Å². The molecule has 0 radical (unpaired) electrons. The molecule has 3 N–H and O–H groups in total. The van der Waals surface area contributed by atoms with Crippen molar-refractivity contribution in [1.29, 1.82) is 0 Å². The Labute approximate surface area is 119 Å². The molecule has 1 aromatic heterocycles. The number of hydrogen-bond acceptors (Lipinski definition) is 4. The first-order valence-electron chi connectivity index (χ1n) is 6.00. The van der Waals surface area contributed by atoms with E-state index in [1.807, 2.05) is 0 Å². The molecule has 1 aromatic carbocycles. The lowest BCUT2D eigenvalue weighted by Gasteiger charge is -2.18. The van der Waals surface area contributed by atoms with E-state index in [0.717, 1.165) is 5.39 Å². The van der Waals surface area contributed by atoms with E-state index in [2.05, 4.69) is 5.16 Å². The van der Waals surface area contributed by atoms with Crippen molar-refractivity contribution < 1.29 is 14.4 Å². The highest BCUT2D eigenvalue weighted by molar-refractivity contribution is 7.20. The Kier molecular flexibility index (Phi) is 4.19. The largest absolute Gasteiger partial charge is 0.409 e. The average molecular weight is 295 g/mol. The van der Waals surface area contributed by atoms with Crippen molar-refractivity contribution in [3.63, 3.8) is 0 Å². The minimum absolute atomic E-state index is 0.0349. The molecule has 7 heteroatoms. The van der Waals surface area contributed by atoms with Gasteiger partial charge in [0.2, 0.25) is 0 Å². The number of fused-ring (bicyclic) bond motifs is 1. The number of carbonyl (C=O) groups excluding carboxylic acids is 1. The maximum absolute atomic E-state index is 13.1. The number of rotatable bonds is 4. The molecule has 0 atom stereocenters. The summed E-state index contributed by atoms with van der Waals surface area (Å²) in [5.41, 5.74) is 5.42. The first-order chi connectivity index (χ1) is 9.55. The van der Waals surface area contributed by atoms with E-state index < -0.39 is 0 Å². The van der Waals surface area contributed by atoms with Gasteiger partial charge in [-0.2, -0.15) is 0 Å². The molecule has 0 saturated carbocycles. The lowest BCUT2D eigenvalue weighted by molar-refractivity contribution is 0.0791. The zero-order valence-corrected chi connectivity index (χ0v) is 11.7. The van der Waals surface area contributed by atoms with Crippen LogP contribution in [0.1, 0.15) is 16.6 Å². The highest BCUT2D eigenvalue weighted by Crippen LogP contribution is 2.27. The summed E-state index contributed by atoms with van der Waals surface area (Å²) in [6.07, 6.45) is 0.